The molecule has 0 radical (unpaired) electrons. The fraction of sp³-hybridized carbons (Fsp3) is 0.529. The molecule has 7 nitrogen and oxygen atoms in total. The summed E-state index contributed by atoms with van der Waals surface area (Å²) in [6, 6.07) is 6.11. The Hall–Kier alpha value is -2.28. The number of benzene rings is 1. The summed E-state index contributed by atoms with van der Waals surface area (Å²) in [5.74, 6) is -0.840. The van der Waals surface area contributed by atoms with Crippen LogP contribution in [0.4, 0.5) is 10.5 Å². The molecule has 2 atom stereocenters. The Morgan fingerprint density at radius 3 is 2.12 bits per heavy atom. The van der Waals surface area contributed by atoms with Gasteiger partial charge in [-0.2, -0.15) is 0 Å². The Labute approximate surface area is 142 Å². The first kappa shape index (κ1) is 19.8. The molecule has 0 aromatic heterocycles. The molecule has 0 aliphatic carbocycles. The maximum absolute atomic E-state index is 12.0. The summed E-state index contributed by atoms with van der Waals surface area (Å²) in [6.07, 6.45) is -2.28. The highest BCUT2D eigenvalue weighted by Crippen LogP contribution is 2.22. The summed E-state index contributed by atoms with van der Waals surface area (Å²) >= 11 is 0. The highest BCUT2D eigenvalue weighted by atomic mass is 16.6. The normalized spacial score (nSPS) is 13.6. The van der Waals surface area contributed by atoms with Gasteiger partial charge in [-0.15, -0.1) is 0 Å². The van der Waals surface area contributed by atoms with Crippen LogP contribution in [0.15, 0.2) is 24.3 Å². The Balaban J connectivity index is 3.05. The van der Waals surface area contributed by atoms with Gasteiger partial charge in [0.05, 0.1) is 13.2 Å². The van der Waals surface area contributed by atoms with Crippen LogP contribution in [0.3, 0.4) is 0 Å². The number of amides is 1. The van der Waals surface area contributed by atoms with Crippen LogP contribution in [0.2, 0.25) is 0 Å². The van der Waals surface area contributed by atoms with Gasteiger partial charge in [-0.05, 0) is 38.5 Å². The van der Waals surface area contributed by atoms with Crippen LogP contribution in [-0.4, -0.2) is 50.1 Å². The summed E-state index contributed by atoms with van der Waals surface area (Å²) in [7, 11) is 4.97. The molecule has 0 spiro atoms. The fourth-order valence-electron chi connectivity index (χ4n) is 2.02. The van der Waals surface area contributed by atoms with Crippen molar-refractivity contribution in [3.8, 4) is 0 Å². The van der Waals surface area contributed by atoms with Gasteiger partial charge in [0.25, 0.3) is 0 Å². The van der Waals surface area contributed by atoms with Crippen LogP contribution < -0.4 is 10.2 Å². The molecule has 1 amide bonds. The average molecular weight is 338 g/mol. The third-order valence-electron chi connectivity index (χ3n) is 3.20. The monoisotopic (exact) mass is 338 g/mol. The van der Waals surface area contributed by atoms with Crippen molar-refractivity contribution >= 4 is 17.7 Å². The van der Waals surface area contributed by atoms with Crippen LogP contribution in [0.25, 0.3) is 0 Å². The standard InChI is InChI=1S/C17H26N2O5/c1-17(2,3)24-16(22)18-13(14(20)15(21)23-6)11-7-9-12(10-8-11)19(4)5/h7-10,13-14,20H,1-6H3,(H,18,22)/t13-,14+/m0/s1. The van der Waals surface area contributed by atoms with Crippen LogP contribution >= 0.6 is 0 Å². The second-order valence-corrected chi connectivity index (χ2v) is 6.58. The molecular formula is C17H26N2O5. The minimum absolute atomic E-state index is 0.560. The van der Waals surface area contributed by atoms with E-state index < -0.39 is 29.8 Å². The minimum atomic E-state index is -1.55. The number of aliphatic hydroxyl groups excluding tert-OH is 1. The molecular weight excluding hydrogens is 312 g/mol. The number of alkyl carbamates (subject to hydrolysis) is 1. The molecule has 0 heterocycles. The van der Waals surface area contributed by atoms with Crippen molar-refractivity contribution in [1.29, 1.82) is 0 Å². The second-order valence-electron chi connectivity index (χ2n) is 6.58. The lowest BCUT2D eigenvalue weighted by Gasteiger charge is -2.26. The molecule has 2 N–H and O–H groups in total. The molecule has 1 aromatic rings. The maximum atomic E-state index is 12.0. The van der Waals surface area contributed by atoms with Gasteiger partial charge in [0.1, 0.15) is 5.60 Å². The van der Waals surface area contributed by atoms with Gasteiger partial charge in [0.2, 0.25) is 0 Å². The summed E-state index contributed by atoms with van der Waals surface area (Å²) in [6.45, 7) is 5.18. The molecule has 0 saturated heterocycles. The molecule has 0 fully saturated rings. The van der Waals surface area contributed by atoms with Crippen molar-refractivity contribution in [3.05, 3.63) is 29.8 Å². The molecule has 7 heteroatoms. The molecule has 0 saturated carbocycles. The fourth-order valence-corrected chi connectivity index (χ4v) is 2.02. The zero-order valence-electron chi connectivity index (χ0n) is 15.0. The summed E-state index contributed by atoms with van der Waals surface area (Å²) < 4.78 is 9.76. The van der Waals surface area contributed by atoms with Gasteiger partial charge in [-0.25, -0.2) is 9.59 Å². The summed E-state index contributed by atoms with van der Waals surface area (Å²) in [5.41, 5.74) is 0.811. The van der Waals surface area contributed by atoms with Crippen molar-refractivity contribution in [2.45, 2.75) is 38.5 Å². The number of nitrogens with one attached hydrogen (secondary N) is 1. The number of rotatable bonds is 5. The lowest BCUT2D eigenvalue weighted by atomic mass is 10.0. The number of aliphatic hydroxyl groups is 1. The van der Waals surface area contributed by atoms with Gasteiger partial charge in [-0.3, -0.25) is 0 Å². The van der Waals surface area contributed by atoms with Gasteiger partial charge in [0.15, 0.2) is 6.10 Å². The summed E-state index contributed by atoms with van der Waals surface area (Å²) in [4.78, 5) is 25.6. The lowest BCUT2D eigenvalue weighted by Crippen LogP contribution is -2.43. The van der Waals surface area contributed by atoms with E-state index in [2.05, 4.69) is 10.1 Å². The quantitative estimate of drug-likeness (QED) is 0.797. The van der Waals surface area contributed by atoms with Crippen LogP contribution in [0, 0.1) is 0 Å². The topological polar surface area (TPSA) is 88.1 Å². The molecule has 24 heavy (non-hydrogen) atoms. The van der Waals surface area contributed by atoms with E-state index in [9.17, 15) is 14.7 Å². The molecule has 0 bridgehead atoms. The van der Waals surface area contributed by atoms with E-state index in [0.717, 1.165) is 5.69 Å². The molecule has 0 unspecified atom stereocenters. The van der Waals surface area contributed by atoms with Crippen molar-refractivity contribution < 1.29 is 24.2 Å². The smallest absolute Gasteiger partial charge is 0.408 e. The Morgan fingerprint density at radius 1 is 1.17 bits per heavy atom. The minimum Gasteiger partial charge on any atom is -0.467 e. The van der Waals surface area contributed by atoms with E-state index in [0.29, 0.717) is 5.56 Å². The Bertz CT molecular complexity index is 563. The van der Waals surface area contributed by atoms with E-state index in [4.69, 9.17) is 4.74 Å². The number of anilines is 1. The maximum Gasteiger partial charge on any atom is 0.408 e. The predicted molar refractivity (Wildman–Crippen MR) is 90.9 cm³/mol. The van der Waals surface area contributed by atoms with Gasteiger partial charge < -0.3 is 24.8 Å². The third-order valence-corrected chi connectivity index (χ3v) is 3.20. The van der Waals surface area contributed by atoms with Crippen molar-refractivity contribution in [3.63, 3.8) is 0 Å². The van der Waals surface area contributed by atoms with E-state index in [1.807, 2.05) is 31.1 Å². The zero-order chi connectivity index (χ0) is 18.5. The first-order chi connectivity index (χ1) is 11.0. The van der Waals surface area contributed by atoms with E-state index in [-0.39, 0.29) is 0 Å². The highest BCUT2D eigenvalue weighted by Gasteiger charge is 2.31. The second kappa shape index (κ2) is 8.01. The first-order valence-electron chi connectivity index (χ1n) is 7.58. The van der Waals surface area contributed by atoms with E-state index >= 15 is 0 Å². The number of nitrogens with zero attached hydrogens (tertiary/aromatic N) is 1. The van der Waals surface area contributed by atoms with E-state index in [1.165, 1.54) is 7.11 Å². The highest BCUT2D eigenvalue weighted by molar-refractivity contribution is 5.77. The van der Waals surface area contributed by atoms with Crippen molar-refractivity contribution in [2.75, 3.05) is 26.1 Å². The van der Waals surface area contributed by atoms with Crippen molar-refractivity contribution in [2.24, 2.45) is 0 Å². The number of esters is 1. The van der Waals surface area contributed by atoms with Gasteiger partial charge in [0, 0.05) is 19.8 Å². The molecule has 0 aliphatic rings. The van der Waals surface area contributed by atoms with Crippen LogP contribution in [0.1, 0.15) is 32.4 Å². The van der Waals surface area contributed by atoms with Gasteiger partial charge in [-0.1, -0.05) is 12.1 Å². The van der Waals surface area contributed by atoms with Gasteiger partial charge >= 0.3 is 12.1 Å². The number of methoxy groups -OCH3 is 1. The largest absolute Gasteiger partial charge is 0.467 e. The molecule has 1 rings (SSSR count). The summed E-state index contributed by atoms with van der Waals surface area (Å²) in [5, 5.41) is 12.7. The molecule has 0 aliphatic heterocycles. The van der Waals surface area contributed by atoms with Crippen molar-refractivity contribution in [1.82, 2.24) is 5.32 Å². The Kier molecular flexibility index (Phi) is 6.60. The number of hydrogen-bond donors (Lipinski definition) is 2. The number of carbonyl (C=O) groups excluding carboxylic acids is 2. The van der Waals surface area contributed by atoms with Crippen LogP contribution in [-0.2, 0) is 14.3 Å². The SMILES string of the molecule is COC(=O)[C@H](O)[C@@H](NC(=O)OC(C)(C)C)c1ccc(N(C)C)cc1. The number of carbonyl (C=O) groups is 2. The van der Waals surface area contributed by atoms with E-state index in [1.54, 1.807) is 32.9 Å². The first-order valence-corrected chi connectivity index (χ1v) is 7.58. The average Bonchev–Trinajstić information content (AvgIpc) is 2.49. The number of hydrogen-bond acceptors (Lipinski definition) is 6. The van der Waals surface area contributed by atoms with Crippen LogP contribution in [0.5, 0.6) is 0 Å². The zero-order valence-corrected chi connectivity index (χ0v) is 15.0. The molecule has 134 valence electrons. The number of ether oxygens (including phenoxy) is 2. The molecule has 1 aromatic carbocycles. The Morgan fingerprint density at radius 2 is 1.71 bits per heavy atom. The third kappa shape index (κ3) is 5.73. The predicted octanol–water partition coefficient (Wildman–Crippen LogP) is 1.85. The lowest BCUT2D eigenvalue weighted by molar-refractivity contribution is -0.152.